The largest absolute Gasteiger partial charge is 0.348 e. The van der Waals surface area contributed by atoms with Crippen LogP contribution in [-0.4, -0.2) is 33.7 Å². The van der Waals surface area contributed by atoms with Crippen LogP contribution in [0.15, 0.2) is 42.7 Å². The molecule has 4 heterocycles. The SMILES string of the molecule is FC1(Cc2ccccn2)CCN(c2nc3ncccc3s2)CC1. The highest BCUT2D eigenvalue weighted by Gasteiger charge is 2.35. The van der Waals surface area contributed by atoms with Crippen molar-refractivity contribution in [2.45, 2.75) is 24.9 Å². The van der Waals surface area contributed by atoms with E-state index < -0.39 is 5.67 Å². The minimum Gasteiger partial charge on any atom is -0.348 e. The molecule has 4 nitrogen and oxygen atoms in total. The van der Waals surface area contributed by atoms with E-state index in [1.165, 1.54) is 0 Å². The highest BCUT2D eigenvalue weighted by Crippen LogP contribution is 2.34. The lowest BCUT2D eigenvalue weighted by molar-refractivity contribution is 0.124. The van der Waals surface area contributed by atoms with Gasteiger partial charge in [0.25, 0.3) is 0 Å². The van der Waals surface area contributed by atoms with Gasteiger partial charge >= 0.3 is 0 Å². The number of thiazole rings is 1. The molecule has 0 unspecified atom stereocenters. The van der Waals surface area contributed by atoms with Crippen molar-refractivity contribution in [1.82, 2.24) is 15.0 Å². The van der Waals surface area contributed by atoms with Gasteiger partial charge in [-0.3, -0.25) is 4.98 Å². The number of nitrogens with zero attached hydrogens (tertiary/aromatic N) is 4. The van der Waals surface area contributed by atoms with Crippen molar-refractivity contribution in [3.63, 3.8) is 0 Å². The molecule has 1 aliphatic rings. The van der Waals surface area contributed by atoms with Crippen molar-refractivity contribution < 1.29 is 4.39 Å². The van der Waals surface area contributed by atoms with Crippen LogP contribution in [0.5, 0.6) is 0 Å². The molecule has 0 aliphatic carbocycles. The molecule has 0 amide bonds. The molecule has 0 saturated carbocycles. The molecule has 3 aromatic rings. The standard InChI is InChI=1S/C17H17FN4S/c18-17(12-13-4-1-2-8-19-13)6-10-22(11-7-17)16-21-15-14(23-16)5-3-9-20-15/h1-5,8-9H,6-7,10-12H2. The Morgan fingerprint density at radius 1 is 1.09 bits per heavy atom. The van der Waals surface area contributed by atoms with E-state index in [9.17, 15) is 0 Å². The summed E-state index contributed by atoms with van der Waals surface area (Å²) >= 11 is 1.63. The molecule has 0 bridgehead atoms. The summed E-state index contributed by atoms with van der Waals surface area (Å²) in [5.74, 6) is 0. The van der Waals surface area contributed by atoms with Crippen LogP contribution >= 0.6 is 11.3 Å². The third kappa shape index (κ3) is 3.03. The summed E-state index contributed by atoms with van der Waals surface area (Å²) in [6.45, 7) is 1.37. The van der Waals surface area contributed by atoms with E-state index in [-0.39, 0.29) is 0 Å². The van der Waals surface area contributed by atoms with Crippen LogP contribution in [0, 0.1) is 0 Å². The Labute approximate surface area is 138 Å². The maximum Gasteiger partial charge on any atom is 0.188 e. The van der Waals surface area contributed by atoms with Crippen molar-refractivity contribution in [1.29, 1.82) is 0 Å². The monoisotopic (exact) mass is 328 g/mol. The molecular formula is C17H17FN4S. The molecule has 3 aromatic heterocycles. The van der Waals surface area contributed by atoms with E-state index >= 15 is 4.39 Å². The van der Waals surface area contributed by atoms with Crippen molar-refractivity contribution in [3.8, 4) is 0 Å². The van der Waals surface area contributed by atoms with Crippen LogP contribution in [-0.2, 0) is 6.42 Å². The van der Waals surface area contributed by atoms with E-state index in [4.69, 9.17) is 0 Å². The average molecular weight is 328 g/mol. The van der Waals surface area contributed by atoms with Gasteiger partial charge in [0, 0.05) is 37.6 Å². The van der Waals surface area contributed by atoms with Crippen LogP contribution in [0.4, 0.5) is 9.52 Å². The molecule has 6 heteroatoms. The number of fused-ring (bicyclic) bond motifs is 1. The molecule has 118 valence electrons. The van der Waals surface area contributed by atoms with E-state index in [2.05, 4.69) is 19.9 Å². The number of halogens is 1. The highest BCUT2D eigenvalue weighted by atomic mass is 32.1. The molecule has 1 saturated heterocycles. The molecular weight excluding hydrogens is 311 g/mol. The van der Waals surface area contributed by atoms with Crippen LogP contribution in [0.3, 0.4) is 0 Å². The van der Waals surface area contributed by atoms with Gasteiger partial charge in [0.1, 0.15) is 5.67 Å². The zero-order valence-electron chi connectivity index (χ0n) is 12.7. The second-order valence-corrected chi connectivity index (χ2v) is 6.97. The Balaban J connectivity index is 1.46. The number of anilines is 1. The number of alkyl halides is 1. The molecule has 0 aromatic carbocycles. The van der Waals surface area contributed by atoms with Gasteiger partial charge in [-0.2, -0.15) is 4.98 Å². The molecule has 1 fully saturated rings. The first-order chi connectivity index (χ1) is 11.2. The summed E-state index contributed by atoms with van der Waals surface area (Å²) in [5.41, 5.74) is 0.436. The van der Waals surface area contributed by atoms with Crippen LogP contribution in [0.25, 0.3) is 10.3 Å². The summed E-state index contributed by atoms with van der Waals surface area (Å²) in [6.07, 6.45) is 4.88. The smallest absolute Gasteiger partial charge is 0.188 e. The summed E-state index contributed by atoms with van der Waals surface area (Å²) in [4.78, 5) is 15.3. The van der Waals surface area contributed by atoms with Gasteiger partial charge in [-0.25, -0.2) is 9.37 Å². The van der Waals surface area contributed by atoms with E-state index in [0.29, 0.717) is 32.4 Å². The fourth-order valence-electron chi connectivity index (χ4n) is 3.00. The van der Waals surface area contributed by atoms with Crippen molar-refractivity contribution in [3.05, 3.63) is 48.4 Å². The van der Waals surface area contributed by atoms with E-state index in [0.717, 1.165) is 21.2 Å². The lowest BCUT2D eigenvalue weighted by Crippen LogP contribution is -2.43. The number of hydrogen-bond acceptors (Lipinski definition) is 5. The number of hydrogen-bond donors (Lipinski definition) is 0. The molecule has 23 heavy (non-hydrogen) atoms. The predicted molar refractivity (Wildman–Crippen MR) is 90.6 cm³/mol. The van der Waals surface area contributed by atoms with E-state index in [1.54, 1.807) is 23.7 Å². The zero-order valence-corrected chi connectivity index (χ0v) is 13.5. The van der Waals surface area contributed by atoms with Crippen molar-refractivity contribution in [2.75, 3.05) is 18.0 Å². The van der Waals surface area contributed by atoms with Gasteiger partial charge in [-0.15, -0.1) is 0 Å². The number of pyridine rings is 2. The summed E-state index contributed by atoms with van der Waals surface area (Å²) in [6, 6.07) is 9.61. The molecule has 4 rings (SSSR count). The Hall–Kier alpha value is -2.08. The van der Waals surface area contributed by atoms with Crippen molar-refractivity contribution in [2.24, 2.45) is 0 Å². The Kier molecular flexibility index (Phi) is 3.69. The van der Waals surface area contributed by atoms with Crippen molar-refractivity contribution >= 4 is 26.8 Å². The minimum absolute atomic E-state index is 0.392. The second kappa shape index (κ2) is 5.85. The molecule has 0 atom stereocenters. The summed E-state index contributed by atoms with van der Waals surface area (Å²) < 4.78 is 16.1. The van der Waals surface area contributed by atoms with Crippen LogP contribution in [0.2, 0.25) is 0 Å². The van der Waals surface area contributed by atoms with E-state index in [1.807, 2.05) is 30.3 Å². The average Bonchev–Trinajstić information content (AvgIpc) is 3.00. The predicted octanol–water partition coefficient (Wildman–Crippen LogP) is 3.64. The molecule has 0 spiro atoms. The maximum absolute atomic E-state index is 15.1. The molecule has 0 N–H and O–H groups in total. The first kappa shape index (κ1) is 14.5. The first-order valence-corrected chi connectivity index (χ1v) is 8.59. The number of rotatable bonds is 3. The summed E-state index contributed by atoms with van der Waals surface area (Å²) in [7, 11) is 0. The zero-order chi connectivity index (χ0) is 15.7. The van der Waals surface area contributed by atoms with Crippen LogP contribution in [0.1, 0.15) is 18.5 Å². The Morgan fingerprint density at radius 3 is 2.65 bits per heavy atom. The fourth-order valence-corrected chi connectivity index (χ4v) is 3.97. The van der Waals surface area contributed by atoms with Gasteiger partial charge in [0.2, 0.25) is 0 Å². The quantitative estimate of drug-likeness (QED) is 0.736. The topological polar surface area (TPSA) is 41.9 Å². The second-order valence-electron chi connectivity index (χ2n) is 5.96. The van der Waals surface area contributed by atoms with Gasteiger partial charge in [0.15, 0.2) is 10.8 Å². The maximum atomic E-state index is 15.1. The lowest BCUT2D eigenvalue weighted by Gasteiger charge is -2.36. The van der Waals surface area contributed by atoms with Gasteiger partial charge in [-0.1, -0.05) is 17.4 Å². The number of piperidine rings is 1. The van der Waals surface area contributed by atoms with Gasteiger partial charge in [0.05, 0.1) is 4.70 Å². The normalized spacial score (nSPS) is 17.5. The molecule has 0 radical (unpaired) electrons. The molecule has 1 aliphatic heterocycles. The number of aromatic nitrogens is 3. The Morgan fingerprint density at radius 2 is 1.91 bits per heavy atom. The third-order valence-electron chi connectivity index (χ3n) is 4.31. The van der Waals surface area contributed by atoms with Gasteiger partial charge in [-0.05, 0) is 37.1 Å². The fraction of sp³-hybridized carbons (Fsp3) is 0.353. The van der Waals surface area contributed by atoms with Gasteiger partial charge < -0.3 is 4.90 Å². The lowest BCUT2D eigenvalue weighted by atomic mass is 9.89. The Bertz CT molecular complexity index is 763. The minimum atomic E-state index is -1.17. The van der Waals surface area contributed by atoms with Crippen LogP contribution < -0.4 is 4.90 Å². The highest BCUT2D eigenvalue weighted by molar-refractivity contribution is 7.22. The first-order valence-electron chi connectivity index (χ1n) is 7.77. The third-order valence-corrected chi connectivity index (χ3v) is 5.38. The summed E-state index contributed by atoms with van der Waals surface area (Å²) in [5, 5.41) is 0.943.